The number of rotatable bonds is 5. The van der Waals surface area contributed by atoms with Gasteiger partial charge >= 0.3 is 0 Å². The molecule has 132 valence electrons. The van der Waals surface area contributed by atoms with Gasteiger partial charge in [0.15, 0.2) is 0 Å². The Balaban J connectivity index is 1.67. The minimum Gasteiger partial charge on any atom is -0.480 e. The molecule has 1 atom stereocenters. The number of pyridine rings is 1. The summed E-state index contributed by atoms with van der Waals surface area (Å²) in [5.74, 6) is 0.0801. The number of amides is 1. The molecule has 1 aromatic carbocycles. The molecule has 0 aliphatic carbocycles. The maximum atomic E-state index is 12.4. The molecular formula is C19H23N3O3. The third-order valence-electron chi connectivity index (χ3n) is 4.45. The van der Waals surface area contributed by atoms with Gasteiger partial charge in [0, 0.05) is 31.0 Å². The van der Waals surface area contributed by atoms with Gasteiger partial charge in [0.2, 0.25) is 5.88 Å². The fourth-order valence-electron chi connectivity index (χ4n) is 2.95. The first-order valence-electron chi connectivity index (χ1n) is 8.41. The van der Waals surface area contributed by atoms with Crippen molar-refractivity contribution >= 4 is 11.6 Å². The zero-order chi connectivity index (χ0) is 17.6. The molecular weight excluding hydrogens is 318 g/mol. The predicted octanol–water partition coefficient (Wildman–Crippen LogP) is 2.74. The predicted molar refractivity (Wildman–Crippen MR) is 96.0 cm³/mol. The van der Waals surface area contributed by atoms with E-state index in [2.05, 4.69) is 34.3 Å². The Morgan fingerprint density at radius 2 is 1.96 bits per heavy atom. The topological polar surface area (TPSA) is 63.7 Å². The molecule has 25 heavy (non-hydrogen) atoms. The van der Waals surface area contributed by atoms with Gasteiger partial charge in [-0.25, -0.2) is 4.98 Å². The molecule has 1 aromatic heterocycles. The summed E-state index contributed by atoms with van der Waals surface area (Å²) in [6.45, 7) is 5.65. The number of benzene rings is 1. The molecule has 0 unspecified atom stereocenters. The van der Waals surface area contributed by atoms with E-state index in [0.29, 0.717) is 17.5 Å². The Labute approximate surface area is 147 Å². The summed E-state index contributed by atoms with van der Waals surface area (Å²) in [6, 6.07) is 11.7. The van der Waals surface area contributed by atoms with Crippen molar-refractivity contribution in [1.82, 2.24) is 9.88 Å². The van der Waals surface area contributed by atoms with Crippen molar-refractivity contribution in [2.75, 3.05) is 38.7 Å². The number of carbonyl (C=O) groups is 1. The van der Waals surface area contributed by atoms with Crippen LogP contribution in [0.2, 0.25) is 0 Å². The summed E-state index contributed by atoms with van der Waals surface area (Å²) in [5, 5.41) is 2.89. The Bertz CT molecular complexity index is 712. The van der Waals surface area contributed by atoms with E-state index in [0.717, 1.165) is 32.0 Å². The van der Waals surface area contributed by atoms with E-state index < -0.39 is 0 Å². The molecule has 1 saturated heterocycles. The van der Waals surface area contributed by atoms with Crippen molar-refractivity contribution in [2.45, 2.75) is 13.0 Å². The van der Waals surface area contributed by atoms with Crippen LogP contribution in [-0.4, -0.2) is 49.2 Å². The molecule has 1 N–H and O–H groups in total. The minimum atomic E-state index is -0.237. The Hall–Kier alpha value is -2.44. The van der Waals surface area contributed by atoms with Crippen LogP contribution in [0.4, 0.5) is 5.69 Å². The maximum absolute atomic E-state index is 12.4. The SMILES string of the molecule is COc1ncccc1C(=O)Nc1ccc([C@@H](C)N2CCOCC2)cc1. The number of aromatic nitrogens is 1. The summed E-state index contributed by atoms with van der Waals surface area (Å²) in [4.78, 5) is 18.9. The molecule has 6 nitrogen and oxygen atoms in total. The van der Waals surface area contributed by atoms with Crippen molar-refractivity contribution < 1.29 is 14.3 Å². The molecule has 1 aliphatic heterocycles. The van der Waals surface area contributed by atoms with Gasteiger partial charge in [-0.3, -0.25) is 9.69 Å². The van der Waals surface area contributed by atoms with Crippen molar-refractivity contribution in [1.29, 1.82) is 0 Å². The monoisotopic (exact) mass is 341 g/mol. The molecule has 2 aromatic rings. The number of nitrogens with zero attached hydrogens (tertiary/aromatic N) is 2. The quantitative estimate of drug-likeness (QED) is 0.906. The number of carbonyl (C=O) groups excluding carboxylic acids is 1. The number of anilines is 1. The Morgan fingerprint density at radius 1 is 1.24 bits per heavy atom. The third-order valence-corrected chi connectivity index (χ3v) is 4.45. The van der Waals surface area contributed by atoms with Crippen LogP contribution in [0, 0.1) is 0 Å². The van der Waals surface area contributed by atoms with E-state index in [1.54, 1.807) is 18.3 Å². The second-order valence-electron chi connectivity index (χ2n) is 5.96. The van der Waals surface area contributed by atoms with Gasteiger partial charge in [0.1, 0.15) is 5.56 Å². The number of hydrogen-bond donors (Lipinski definition) is 1. The number of ether oxygens (including phenoxy) is 2. The first kappa shape index (κ1) is 17.4. The molecule has 3 rings (SSSR count). The van der Waals surface area contributed by atoms with Gasteiger partial charge in [0.25, 0.3) is 5.91 Å². The second-order valence-corrected chi connectivity index (χ2v) is 5.96. The summed E-state index contributed by atoms with van der Waals surface area (Å²) >= 11 is 0. The van der Waals surface area contributed by atoms with Crippen LogP contribution in [0.25, 0.3) is 0 Å². The highest BCUT2D eigenvalue weighted by molar-refractivity contribution is 6.05. The van der Waals surface area contributed by atoms with Crippen LogP contribution >= 0.6 is 0 Å². The van der Waals surface area contributed by atoms with E-state index in [1.165, 1.54) is 12.7 Å². The van der Waals surface area contributed by atoms with E-state index in [9.17, 15) is 4.79 Å². The molecule has 0 spiro atoms. The van der Waals surface area contributed by atoms with Gasteiger partial charge in [-0.15, -0.1) is 0 Å². The lowest BCUT2D eigenvalue weighted by Gasteiger charge is -2.32. The van der Waals surface area contributed by atoms with Crippen molar-refractivity contribution in [2.24, 2.45) is 0 Å². The molecule has 6 heteroatoms. The zero-order valence-electron chi connectivity index (χ0n) is 14.6. The number of nitrogens with one attached hydrogen (secondary N) is 1. The van der Waals surface area contributed by atoms with E-state index in [4.69, 9.17) is 9.47 Å². The van der Waals surface area contributed by atoms with E-state index in [1.807, 2.05) is 12.1 Å². The zero-order valence-corrected chi connectivity index (χ0v) is 14.6. The minimum absolute atomic E-state index is 0.237. The maximum Gasteiger partial charge on any atom is 0.261 e. The molecule has 2 heterocycles. The van der Waals surface area contributed by atoms with Crippen LogP contribution in [0.15, 0.2) is 42.6 Å². The standard InChI is InChI=1S/C19H23N3O3/c1-14(22-10-12-25-13-11-22)15-5-7-16(8-6-15)21-18(23)17-4-3-9-20-19(17)24-2/h3-9,14H,10-13H2,1-2H3,(H,21,23)/t14-/m1/s1. The average molecular weight is 341 g/mol. The largest absolute Gasteiger partial charge is 0.480 e. The molecule has 1 amide bonds. The van der Waals surface area contributed by atoms with Crippen LogP contribution in [0.3, 0.4) is 0 Å². The summed E-state index contributed by atoms with van der Waals surface area (Å²) < 4.78 is 10.5. The third kappa shape index (κ3) is 4.15. The highest BCUT2D eigenvalue weighted by Gasteiger charge is 2.18. The molecule has 0 bridgehead atoms. The fraction of sp³-hybridized carbons (Fsp3) is 0.368. The average Bonchev–Trinajstić information content (AvgIpc) is 2.68. The Kier molecular flexibility index (Phi) is 5.63. The van der Waals surface area contributed by atoms with Crippen LogP contribution < -0.4 is 10.1 Å². The number of morpholine rings is 1. The molecule has 0 saturated carbocycles. The van der Waals surface area contributed by atoms with E-state index in [-0.39, 0.29) is 5.91 Å². The lowest BCUT2D eigenvalue weighted by Crippen LogP contribution is -2.37. The highest BCUT2D eigenvalue weighted by Crippen LogP contribution is 2.23. The number of hydrogen-bond acceptors (Lipinski definition) is 5. The van der Waals surface area contributed by atoms with Gasteiger partial charge in [0.05, 0.1) is 20.3 Å². The highest BCUT2D eigenvalue weighted by atomic mass is 16.5. The van der Waals surface area contributed by atoms with E-state index >= 15 is 0 Å². The summed E-state index contributed by atoms with van der Waals surface area (Å²) in [5.41, 5.74) is 2.38. The van der Waals surface area contributed by atoms with Gasteiger partial charge in [-0.2, -0.15) is 0 Å². The fourth-order valence-corrected chi connectivity index (χ4v) is 2.95. The summed E-state index contributed by atoms with van der Waals surface area (Å²) in [6.07, 6.45) is 1.59. The van der Waals surface area contributed by atoms with Crippen molar-refractivity contribution in [3.05, 3.63) is 53.7 Å². The van der Waals surface area contributed by atoms with Crippen LogP contribution in [0.1, 0.15) is 28.9 Å². The van der Waals surface area contributed by atoms with Gasteiger partial charge in [-0.05, 0) is 36.8 Å². The molecule has 1 aliphatic rings. The second kappa shape index (κ2) is 8.09. The van der Waals surface area contributed by atoms with Crippen LogP contribution in [0.5, 0.6) is 5.88 Å². The van der Waals surface area contributed by atoms with Crippen LogP contribution in [-0.2, 0) is 4.74 Å². The Morgan fingerprint density at radius 3 is 2.64 bits per heavy atom. The van der Waals surface area contributed by atoms with Crippen molar-refractivity contribution in [3.8, 4) is 5.88 Å². The van der Waals surface area contributed by atoms with Gasteiger partial charge < -0.3 is 14.8 Å². The molecule has 1 fully saturated rings. The normalized spacial score (nSPS) is 16.2. The summed E-state index contributed by atoms with van der Waals surface area (Å²) in [7, 11) is 1.50. The smallest absolute Gasteiger partial charge is 0.261 e. The van der Waals surface area contributed by atoms with Gasteiger partial charge in [-0.1, -0.05) is 12.1 Å². The molecule has 0 radical (unpaired) electrons. The first-order chi connectivity index (χ1) is 12.2. The lowest BCUT2D eigenvalue weighted by molar-refractivity contribution is 0.0198. The van der Waals surface area contributed by atoms with Crippen molar-refractivity contribution in [3.63, 3.8) is 0 Å². The number of methoxy groups -OCH3 is 1. The first-order valence-corrected chi connectivity index (χ1v) is 8.41. The lowest BCUT2D eigenvalue weighted by atomic mass is 10.1.